The predicted octanol–water partition coefficient (Wildman–Crippen LogP) is 4.76. The molecule has 0 radical (unpaired) electrons. The minimum Gasteiger partial charge on any atom is -0.296 e. The minimum absolute atomic E-state index is 0.471. The highest BCUT2D eigenvalue weighted by Crippen LogP contribution is 2.52. The Hall–Kier alpha value is -1.12. The summed E-state index contributed by atoms with van der Waals surface area (Å²) in [5.41, 5.74) is 3.46. The molecule has 108 valence electrons. The Kier molecular flexibility index (Phi) is 3.39. The van der Waals surface area contributed by atoms with Crippen LogP contribution in [-0.4, -0.2) is 17.5 Å². The van der Waals surface area contributed by atoms with Gasteiger partial charge in [-0.2, -0.15) is 0 Å². The second-order valence-corrected chi connectivity index (χ2v) is 7.47. The first kappa shape index (κ1) is 13.5. The number of piperidine rings is 2. The topological polar surface area (TPSA) is 3.24 Å². The molecule has 0 unspecified atom stereocenters. The smallest absolute Gasteiger partial charge is 0.0236 e. The van der Waals surface area contributed by atoms with E-state index >= 15 is 0 Å². The third-order valence-electron chi connectivity index (χ3n) is 5.33. The monoisotopic (exact) mass is 341 g/mol. The van der Waals surface area contributed by atoms with Crippen LogP contribution in [0.15, 0.2) is 59.1 Å². The molecule has 2 heteroatoms. The van der Waals surface area contributed by atoms with Crippen molar-refractivity contribution in [3.8, 4) is 0 Å². The van der Waals surface area contributed by atoms with Crippen molar-refractivity contribution in [2.45, 2.75) is 37.3 Å². The highest BCUT2D eigenvalue weighted by atomic mass is 79.9. The normalized spacial score (nSPS) is 28.1. The quantitative estimate of drug-likeness (QED) is 0.778. The van der Waals surface area contributed by atoms with Gasteiger partial charge in [0, 0.05) is 17.1 Å². The number of hydrogen-bond acceptors (Lipinski definition) is 1. The van der Waals surface area contributed by atoms with Crippen LogP contribution < -0.4 is 0 Å². The van der Waals surface area contributed by atoms with E-state index in [0.717, 1.165) is 12.6 Å². The molecule has 1 nitrogen and oxygen atoms in total. The Morgan fingerprint density at radius 1 is 1.00 bits per heavy atom. The lowest BCUT2D eigenvalue weighted by atomic mass is 9.57. The van der Waals surface area contributed by atoms with Crippen LogP contribution in [-0.2, 0) is 12.0 Å². The third kappa shape index (κ3) is 2.45. The zero-order valence-electron chi connectivity index (χ0n) is 12.1. The van der Waals surface area contributed by atoms with Crippen LogP contribution in [0.3, 0.4) is 0 Å². The van der Waals surface area contributed by atoms with E-state index in [0.29, 0.717) is 5.41 Å². The zero-order valence-corrected chi connectivity index (χ0v) is 13.7. The maximum absolute atomic E-state index is 3.54. The highest BCUT2D eigenvalue weighted by molar-refractivity contribution is 9.10. The molecule has 3 fully saturated rings. The first-order chi connectivity index (χ1) is 10.3. The standard InChI is InChI=1S/C19H20BrN/c20-17-8-6-16(7-9-17)19-10-11-21(18(12-19)13-19)14-15-4-2-1-3-5-15/h1-9,18H,10-14H2. The van der Waals surface area contributed by atoms with E-state index < -0.39 is 0 Å². The van der Waals surface area contributed by atoms with E-state index in [9.17, 15) is 0 Å². The van der Waals surface area contributed by atoms with Gasteiger partial charge in [0.15, 0.2) is 0 Å². The van der Waals surface area contributed by atoms with Crippen molar-refractivity contribution >= 4 is 15.9 Å². The van der Waals surface area contributed by atoms with Gasteiger partial charge in [0.25, 0.3) is 0 Å². The van der Waals surface area contributed by atoms with Crippen molar-refractivity contribution in [1.82, 2.24) is 4.90 Å². The first-order valence-corrected chi connectivity index (χ1v) is 8.59. The average molecular weight is 342 g/mol. The van der Waals surface area contributed by atoms with Crippen LogP contribution in [0.4, 0.5) is 0 Å². The molecule has 1 saturated carbocycles. The van der Waals surface area contributed by atoms with Crippen molar-refractivity contribution in [2.24, 2.45) is 0 Å². The van der Waals surface area contributed by atoms with Crippen LogP contribution in [0.1, 0.15) is 30.4 Å². The summed E-state index contributed by atoms with van der Waals surface area (Å²) in [7, 11) is 0. The number of benzene rings is 2. The molecule has 0 spiro atoms. The van der Waals surface area contributed by atoms with Gasteiger partial charge in [-0.3, -0.25) is 4.90 Å². The fraction of sp³-hybridized carbons (Fsp3) is 0.368. The number of hydrogen-bond donors (Lipinski definition) is 0. The highest BCUT2D eigenvalue weighted by Gasteiger charge is 2.51. The maximum Gasteiger partial charge on any atom is 0.0236 e. The van der Waals surface area contributed by atoms with Gasteiger partial charge in [0.05, 0.1) is 0 Å². The molecule has 0 aromatic heterocycles. The summed E-state index contributed by atoms with van der Waals surface area (Å²) in [5, 5.41) is 0. The van der Waals surface area contributed by atoms with Gasteiger partial charge in [0.2, 0.25) is 0 Å². The van der Waals surface area contributed by atoms with E-state index in [2.05, 4.69) is 75.4 Å². The van der Waals surface area contributed by atoms with Crippen LogP contribution in [0.25, 0.3) is 0 Å². The zero-order chi connectivity index (χ0) is 14.3. The number of nitrogens with zero attached hydrogens (tertiary/aromatic N) is 1. The molecule has 0 amide bonds. The van der Waals surface area contributed by atoms with Crippen molar-refractivity contribution in [1.29, 1.82) is 0 Å². The van der Waals surface area contributed by atoms with Gasteiger partial charge in [-0.05, 0) is 54.5 Å². The molecule has 2 aromatic carbocycles. The van der Waals surface area contributed by atoms with Crippen LogP contribution >= 0.6 is 15.9 Å². The van der Waals surface area contributed by atoms with E-state index in [4.69, 9.17) is 0 Å². The van der Waals surface area contributed by atoms with Crippen molar-refractivity contribution in [3.05, 3.63) is 70.2 Å². The maximum atomic E-state index is 3.54. The van der Waals surface area contributed by atoms with Gasteiger partial charge in [-0.25, -0.2) is 0 Å². The Labute approximate surface area is 135 Å². The molecule has 2 aromatic rings. The summed E-state index contributed by atoms with van der Waals surface area (Å²) in [6.07, 6.45) is 3.97. The fourth-order valence-electron chi connectivity index (χ4n) is 4.05. The molecule has 2 aliphatic heterocycles. The van der Waals surface area contributed by atoms with E-state index in [1.165, 1.54) is 35.8 Å². The van der Waals surface area contributed by atoms with Crippen LogP contribution in [0.2, 0.25) is 0 Å². The fourth-order valence-corrected chi connectivity index (χ4v) is 4.32. The van der Waals surface area contributed by atoms with Gasteiger partial charge < -0.3 is 0 Å². The minimum atomic E-state index is 0.471. The summed E-state index contributed by atoms with van der Waals surface area (Å²) < 4.78 is 1.18. The summed E-state index contributed by atoms with van der Waals surface area (Å²) in [4.78, 5) is 2.68. The molecule has 2 saturated heterocycles. The Balaban J connectivity index is 1.45. The lowest BCUT2D eigenvalue weighted by Crippen LogP contribution is -2.59. The molecule has 0 atom stereocenters. The summed E-state index contributed by atoms with van der Waals surface area (Å²) in [6.45, 7) is 2.34. The summed E-state index contributed by atoms with van der Waals surface area (Å²) in [5.74, 6) is 0. The summed E-state index contributed by atoms with van der Waals surface area (Å²) in [6, 6.07) is 20.7. The average Bonchev–Trinajstić information content (AvgIpc) is 2.49. The Bertz CT molecular complexity index is 608. The second kappa shape index (κ2) is 5.26. The molecule has 1 aliphatic carbocycles. The van der Waals surface area contributed by atoms with Crippen molar-refractivity contribution in [2.75, 3.05) is 6.54 Å². The van der Waals surface area contributed by atoms with Crippen molar-refractivity contribution < 1.29 is 0 Å². The Morgan fingerprint density at radius 3 is 2.33 bits per heavy atom. The molecule has 0 N–H and O–H groups in total. The largest absolute Gasteiger partial charge is 0.296 e. The molecular weight excluding hydrogens is 322 g/mol. The SMILES string of the molecule is Brc1ccc(C23CCN(Cc4ccccc4)C(C2)C3)cc1. The Morgan fingerprint density at radius 2 is 1.71 bits per heavy atom. The van der Waals surface area contributed by atoms with E-state index in [-0.39, 0.29) is 0 Å². The molecule has 3 aliphatic rings. The third-order valence-corrected chi connectivity index (χ3v) is 5.86. The van der Waals surface area contributed by atoms with Crippen LogP contribution in [0.5, 0.6) is 0 Å². The predicted molar refractivity (Wildman–Crippen MR) is 90.3 cm³/mol. The second-order valence-electron chi connectivity index (χ2n) is 6.56. The molecule has 2 heterocycles. The van der Waals surface area contributed by atoms with Gasteiger partial charge in [0.1, 0.15) is 0 Å². The van der Waals surface area contributed by atoms with E-state index in [1.807, 2.05) is 0 Å². The molecular formula is C19H20BrN. The molecule has 2 bridgehead atoms. The molecule has 5 rings (SSSR count). The number of halogens is 1. The van der Waals surface area contributed by atoms with Crippen LogP contribution in [0, 0.1) is 0 Å². The lowest BCUT2D eigenvalue weighted by molar-refractivity contribution is -0.0180. The lowest BCUT2D eigenvalue weighted by Gasteiger charge is -2.58. The van der Waals surface area contributed by atoms with Gasteiger partial charge >= 0.3 is 0 Å². The van der Waals surface area contributed by atoms with E-state index in [1.54, 1.807) is 5.56 Å². The van der Waals surface area contributed by atoms with Gasteiger partial charge in [-0.1, -0.05) is 58.4 Å². The van der Waals surface area contributed by atoms with Crippen molar-refractivity contribution in [3.63, 3.8) is 0 Å². The number of rotatable bonds is 3. The first-order valence-electron chi connectivity index (χ1n) is 7.79. The molecule has 21 heavy (non-hydrogen) atoms. The summed E-state index contributed by atoms with van der Waals surface area (Å²) >= 11 is 3.54. The van der Waals surface area contributed by atoms with Gasteiger partial charge in [-0.15, -0.1) is 0 Å². The number of fused-ring (bicyclic) bond motifs is 2.